The van der Waals surface area contributed by atoms with Crippen molar-refractivity contribution in [3.8, 4) is 5.69 Å². The lowest BCUT2D eigenvalue weighted by molar-refractivity contribution is -0.141. The highest BCUT2D eigenvalue weighted by Crippen LogP contribution is 2.27. The Bertz CT molecular complexity index is 937. The highest BCUT2D eigenvalue weighted by atomic mass is 35.5. The molecule has 0 bridgehead atoms. The van der Waals surface area contributed by atoms with Crippen LogP contribution in [0.4, 0.5) is 18.9 Å². The maximum absolute atomic E-state index is 13.0. The molecule has 0 saturated carbocycles. The molecule has 1 amide bonds. The van der Waals surface area contributed by atoms with Crippen LogP contribution in [0.2, 0.25) is 5.15 Å². The Morgan fingerprint density at radius 2 is 2.13 bits per heavy atom. The number of alkyl halides is 3. The van der Waals surface area contributed by atoms with Crippen LogP contribution in [0.5, 0.6) is 0 Å². The number of oxime groups is 1. The van der Waals surface area contributed by atoms with Crippen LogP contribution in [0.3, 0.4) is 0 Å². The molecule has 2 aromatic heterocycles. The Hall–Kier alpha value is -2.60. The SMILES string of the molecule is CCN(C(=O)/C(CSCCC(F)(F)F)=N\OC(C)=O)c1cn(-c2cccnc2)nc1Cl. The summed E-state index contributed by atoms with van der Waals surface area (Å²) in [5, 5.41) is 7.72. The van der Waals surface area contributed by atoms with E-state index in [9.17, 15) is 22.8 Å². The van der Waals surface area contributed by atoms with Gasteiger partial charge in [0.25, 0.3) is 5.91 Å². The van der Waals surface area contributed by atoms with Gasteiger partial charge in [0, 0.05) is 31.2 Å². The third-order valence-corrected chi connectivity index (χ3v) is 4.95. The van der Waals surface area contributed by atoms with E-state index in [2.05, 4.69) is 20.1 Å². The summed E-state index contributed by atoms with van der Waals surface area (Å²) >= 11 is 7.07. The topological polar surface area (TPSA) is 89.7 Å². The van der Waals surface area contributed by atoms with E-state index < -0.39 is 24.5 Å². The van der Waals surface area contributed by atoms with Crippen molar-refractivity contribution in [1.82, 2.24) is 14.8 Å². The smallest absolute Gasteiger partial charge is 0.318 e. The van der Waals surface area contributed by atoms with E-state index in [4.69, 9.17) is 11.6 Å². The van der Waals surface area contributed by atoms with Gasteiger partial charge < -0.3 is 9.74 Å². The van der Waals surface area contributed by atoms with Crippen LogP contribution >= 0.6 is 23.4 Å². The number of aromatic nitrogens is 3. The molecule has 0 unspecified atom stereocenters. The summed E-state index contributed by atoms with van der Waals surface area (Å²) in [7, 11) is 0. The molecule has 0 aliphatic carbocycles. The molecule has 0 N–H and O–H groups in total. The minimum Gasteiger partial charge on any atom is -0.318 e. The van der Waals surface area contributed by atoms with Gasteiger partial charge in [-0.05, 0) is 19.1 Å². The van der Waals surface area contributed by atoms with Crippen molar-refractivity contribution in [3.63, 3.8) is 0 Å². The molecular weight excluding hydrogens is 459 g/mol. The molecule has 0 radical (unpaired) electrons. The molecule has 0 fully saturated rings. The number of carbonyl (C=O) groups excluding carboxylic acids is 2. The van der Waals surface area contributed by atoms with E-state index >= 15 is 0 Å². The van der Waals surface area contributed by atoms with Crippen LogP contribution in [0, 0.1) is 0 Å². The number of carbonyl (C=O) groups is 2. The standard InChI is InChI=1S/C18H19ClF3N5O3S/c1-3-26(15-10-27(24-16(15)19)13-5-4-7-23-9-13)17(29)14(25-30-12(2)28)11-31-8-6-18(20,21)22/h4-5,7,9-10H,3,6,8,11H2,1-2H3/b25-14-. The first-order chi connectivity index (χ1) is 14.6. The van der Waals surface area contributed by atoms with Gasteiger partial charge in [0.15, 0.2) is 10.9 Å². The van der Waals surface area contributed by atoms with Crippen LogP contribution < -0.4 is 4.90 Å². The van der Waals surface area contributed by atoms with Gasteiger partial charge in [-0.1, -0.05) is 16.8 Å². The monoisotopic (exact) mass is 477 g/mol. The fourth-order valence-corrected chi connectivity index (χ4v) is 3.45. The normalized spacial score (nSPS) is 12.0. The highest BCUT2D eigenvalue weighted by Gasteiger charge is 2.28. The van der Waals surface area contributed by atoms with Gasteiger partial charge in [0.2, 0.25) is 0 Å². The molecule has 0 aliphatic rings. The molecule has 0 aromatic carbocycles. The summed E-state index contributed by atoms with van der Waals surface area (Å²) in [4.78, 5) is 33.9. The Morgan fingerprint density at radius 1 is 1.39 bits per heavy atom. The summed E-state index contributed by atoms with van der Waals surface area (Å²) < 4.78 is 38.5. The number of pyridine rings is 1. The second kappa shape index (κ2) is 11.1. The van der Waals surface area contributed by atoms with E-state index in [0.717, 1.165) is 18.7 Å². The van der Waals surface area contributed by atoms with Crippen molar-refractivity contribution in [2.45, 2.75) is 26.4 Å². The molecule has 31 heavy (non-hydrogen) atoms. The van der Waals surface area contributed by atoms with Gasteiger partial charge in [-0.3, -0.25) is 9.78 Å². The molecule has 13 heteroatoms. The predicted octanol–water partition coefficient (Wildman–Crippen LogP) is 3.88. The number of nitrogens with zero attached hydrogens (tertiary/aromatic N) is 5. The first kappa shape index (κ1) is 24.7. The number of hydrogen-bond donors (Lipinski definition) is 0. The lowest BCUT2D eigenvalue weighted by Crippen LogP contribution is -2.38. The average Bonchev–Trinajstić information content (AvgIpc) is 3.09. The Morgan fingerprint density at radius 3 is 2.71 bits per heavy atom. The zero-order valence-electron chi connectivity index (χ0n) is 16.6. The van der Waals surface area contributed by atoms with Crippen LogP contribution in [-0.2, 0) is 14.4 Å². The summed E-state index contributed by atoms with van der Waals surface area (Å²) in [6.45, 7) is 2.92. The molecule has 0 spiro atoms. The molecule has 2 aromatic rings. The number of thioether (sulfide) groups is 1. The Balaban J connectivity index is 2.23. The van der Waals surface area contributed by atoms with E-state index in [-0.39, 0.29) is 34.6 Å². The summed E-state index contributed by atoms with van der Waals surface area (Å²) in [5.74, 6) is -1.90. The van der Waals surface area contributed by atoms with Crippen LogP contribution in [0.25, 0.3) is 5.69 Å². The van der Waals surface area contributed by atoms with Crippen LogP contribution in [0.1, 0.15) is 20.3 Å². The summed E-state index contributed by atoms with van der Waals surface area (Å²) in [5.41, 5.74) is 0.638. The van der Waals surface area contributed by atoms with Gasteiger partial charge in [-0.15, -0.1) is 0 Å². The minimum atomic E-state index is -4.31. The maximum Gasteiger partial charge on any atom is 0.389 e. The molecule has 2 heterocycles. The Kier molecular flexibility index (Phi) is 8.87. The molecule has 168 valence electrons. The maximum atomic E-state index is 13.0. The molecule has 0 aliphatic heterocycles. The summed E-state index contributed by atoms with van der Waals surface area (Å²) in [6, 6.07) is 3.44. The summed E-state index contributed by atoms with van der Waals surface area (Å²) in [6.07, 6.45) is -0.676. The molecule has 0 atom stereocenters. The van der Waals surface area contributed by atoms with Crippen LogP contribution in [-0.4, -0.2) is 56.6 Å². The Labute approximate surface area is 185 Å². The third kappa shape index (κ3) is 7.55. The first-order valence-electron chi connectivity index (χ1n) is 8.98. The third-order valence-electron chi connectivity index (χ3n) is 3.71. The van der Waals surface area contributed by atoms with Crippen molar-refractivity contribution in [2.75, 3.05) is 23.0 Å². The van der Waals surface area contributed by atoms with Gasteiger partial charge in [-0.25, -0.2) is 9.48 Å². The highest BCUT2D eigenvalue weighted by molar-refractivity contribution is 8.00. The van der Waals surface area contributed by atoms with Crippen molar-refractivity contribution < 1.29 is 27.6 Å². The van der Waals surface area contributed by atoms with Crippen molar-refractivity contribution >= 4 is 46.6 Å². The van der Waals surface area contributed by atoms with Crippen molar-refractivity contribution in [1.29, 1.82) is 0 Å². The largest absolute Gasteiger partial charge is 0.389 e. The first-order valence-corrected chi connectivity index (χ1v) is 10.5. The minimum absolute atomic E-state index is 0.0237. The van der Waals surface area contributed by atoms with Crippen LogP contribution in [0.15, 0.2) is 35.9 Å². The zero-order chi connectivity index (χ0) is 23.0. The molecule has 8 nitrogen and oxygen atoms in total. The lowest BCUT2D eigenvalue weighted by atomic mass is 10.3. The lowest BCUT2D eigenvalue weighted by Gasteiger charge is -2.20. The van der Waals surface area contributed by atoms with E-state index in [1.807, 2.05) is 0 Å². The second-order valence-electron chi connectivity index (χ2n) is 6.05. The van der Waals surface area contributed by atoms with Gasteiger partial charge in [0.1, 0.15) is 5.69 Å². The number of amides is 1. The molecular formula is C18H19ClF3N5O3S. The van der Waals surface area contributed by atoms with E-state index in [1.54, 1.807) is 31.5 Å². The fourth-order valence-electron chi connectivity index (χ4n) is 2.33. The molecule has 0 saturated heterocycles. The number of anilines is 1. The van der Waals surface area contributed by atoms with Crippen molar-refractivity contribution in [3.05, 3.63) is 35.9 Å². The fraction of sp³-hybridized carbons (Fsp3) is 0.389. The van der Waals surface area contributed by atoms with E-state index in [1.165, 1.54) is 15.8 Å². The van der Waals surface area contributed by atoms with Gasteiger partial charge >= 0.3 is 12.1 Å². The average molecular weight is 478 g/mol. The second-order valence-corrected chi connectivity index (χ2v) is 7.51. The number of halogens is 4. The van der Waals surface area contributed by atoms with E-state index in [0.29, 0.717) is 5.69 Å². The quantitative estimate of drug-likeness (QED) is 0.236. The zero-order valence-corrected chi connectivity index (χ0v) is 18.2. The predicted molar refractivity (Wildman–Crippen MR) is 112 cm³/mol. The number of rotatable bonds is 9. The van der Waals surface area contributed by atoms with Gasteiger partial charge in [0.05, 0.1) is 24.5 Å². The number of hydrogen-bond acceptors (Lipinski definition) is 7. The van der Waals surface area contributed by atoms with Crippen molar-refractivity contribution in [2.24, 2.45) is 5.16 Å². The van der Waals surface area contributed by atoms with Gasteiger partial charge in [-0.2, -0.15) is 30.0 Å². The molecule has 2 rings (SSSR count).